The van der Waals surface area contributed by atoms with Gasteiger partial charge in [0.05, 0.1) is 5.69 Å². The molecule has 2 aliphatic heterocycles. The first kappa shape index (κ1) is 13.9. The van der Waals surface area contributed by atoms with E-state index in [1.54, 1.807) is 0 Å². The number of rotatable bonds is 1. The number of halogens is 3. The third-order valence-electron chi connectivity index (χ3n) is 3.98. The van der Waals surface area contributed by atoms with Crippen LogP contribution in [0.25, 0.3) is 0 Å². The standard InChI is InChI=1S/C14H11F3N2O2S/c15-14(16,17)21-7-1-2-8-10(5-7)22-11-9(18-8)6-13(3-4-13)19-12(11)20/h1-2,5,11H,3-4,6H2,(H,19,20). The lowest BCUT2D eigenvalue weighted by Gasteiger charge is -2.33. The fourth-order valence-corrected chi connectivity index (χ4v) is 3.90. The summed E-state index contributed by atoms with van der Waals surface area (Å²) in [7, 11) is 0. The molecule has 3 aliphatic rings. The monoisotopic (exact) mass is 328 g/mol. The summed E-state index contributed by atoms with van der Waals surface area (Å²) in [5, 5.41) is 2.54. The molecule has 1 unspecified atom stereocenters. The summed E-state index contributed by atoms with van der Waals surface area (Å²) >= 11 is 1.23. The molecule has 116 valence electrons. The van der Waals surface area contributed by atoms with Crippen LogP contribution in [-0.4, -0.2) is 28.8 Å². The van der Waals surface area contributed by atoms with Crippen molar-refractivity contribution < 1.29 is 22.7 Å². The number of hydrogen-bond donors (Lipinski definition) is 1. The Morgan fingerprint density at radius 3 is 2.82 bits per heavy atom. The van der Waals surface area contributed by atoms with Crippen molar-refractivity contribution in [3.8, 4) is 5.75 Å². The highest BCUT2D eigenvalue weighted by Gasteiger charge is 2.52. The predicted octanol–water partition coefficient (Wildman–Crippen LogP) is 3.18. The molecule has 2 heterocycles. The largest absolute Gasteiger partial charge is 0.573 e. The van der Waals surface area contributed by atoms with Gasteiger partial charge < -0.3 is 10.1 Å². The van der Waals surface area contributed by atoms with Crippen LogP contribution in [0, 0.1) is 0 Å². The maximum absolute atomic E-state index is 12.3. The molecule has 1 aliphatic carbocycles. The van der Waals surface area contributed by atoms with Gasteiger partial charge in [-0.3, -0.25) is 9.79 Å². The summed E-state index contributed by atoms with van der Waals surface area (Å²) in [5.41, 5.74) is 1.28. The Hall–Kier alpha value is -1.70. The van der Waals surface area contributed by atoms with E-state index in [-0.39, 0.29) is 17.2 Å². The lowest BCUT2D eigenvalue weighted by atomic mass is 9.99. The van der Waals surface area contributed by atoms with E-state index in [9.17, 15) is 18.0 Å². The molecule has 0 bridgehead atoms. The zero-order valence-electron chi connectivity index (χ0n) is 11.2. The van der Waals surface area contributed by atoms with E-state index in [4.69, 9.17) is 0 Å². The smallest absolute Gasteiger partial charge is 0.406 e. The number of alkyl halides is 3. The Labute approximate surface area is 128 Å². The Morgan fingerprint density at radius 2 is 2.14 bits per heavy atom. The quantitative estimate of drug-likeness (QED) is 0.861. The molecule has 8 heteroatoms. The number of hydrogen-bond acceptors (Lipinski definition) is 4. The third-order valence-corrected chi connectivity index (χ3v) is 5.28. The van der Waals surface area contributed by atoms with Gasteiger partial charge in [-0.2, -0.15) is 0 Å². The molecule has 0 aromatic heterocycles. The van der Waals surface area contributed by atoms with Crippen LogP contribution in [0.5, 0.6) is 5.75 Å². The zero-order valence-corrected chi connectivity index (χ0v) is 12.1. The number of amides is 1. The van der Waals surface area contributed by atoms with E-state index >= 15 is 0 Å². The molecular formula is C14H11F3N2O2S. The minimum absolute atomic E-state index is 0.111. The van der Waals surface area contributed by atoms with Crippen molar-refractivity contribution in [2.45, 2.75) is 41.3 Å². The van der Waals surface area contributed by atoms with Gasteiger partial charge in [0.1, 0.15) is 11.0 Å². The van der Waals surface area contributed by atoms with Crippen molar-refractivity contribution in [3.05, 3.63) is 18.2 Å². The van der Waals surface area contributed by atoms with Crippen molar-refractivity contribution in [3.63, 3.8) is 0 Å². The molecule has 1 N–H and O–H groups in total. The Kier molecular flexibility index (Phi) is 2.79. The molecule has 1 aromatic carbocycles. The van der Waals surface area contributed by atoms with Crippen LogP contribution in [0.3, 0.4) is 0 Å². The van der Waals surface area contributed by atoms with Crippen LogP contribution >= 0.6 is 11.8 Å². The highest BCUT2D eigenvalue weighted by molar-refractivity contribution is 8.01. The molecule has 4 rings (SSSR count). The van der Waals surface area contributed by atoms with Gasteiger partial charge >= 0.3 is 6.36 Å². The van der Waals surface area contributed by atoms with Crippen LogP contribution in [0.15, 0.2) is 28.1 Å². The summed E-state index contributed by atoms with van der Waals surface area (Å²) in [5.74, 6) is -0.410. The second-order valence-corrected chi connectivity index (χ2v) is 6.87. The molecular weight excluding hydrogens is 317 g/mol. The van der Waals surface area contributed by atoms with Crippen molar-refractivity contribution in [1.29, 1.82) is 0 Å². The van der Waals surface area contributed by atoms with Crippen molar-refractivity contribution in [2.24, 2.45) is 4.99 Å². The van der Waals surface area contributed by atoms with E-state index in [0.717, 1.165) is 25.0 Å². The van der Waals surface area contributed by atoms with Crippen LogP contribution in [0.1, 0.15) is 19.3 Å². The summed E-state index contributed by atoms with van der Waals surface area (Å²) in [4.78, 5) is 17.2. The summed E-state index contributed by atoms with van der Waals surface area (Å²) in [6.45, 7) is 0. The van der Waals surface area contributed by atoms with Gasteiger partial charge in [0.25, 0.3) is 0 Å². The average Bonchev–Trinajstić information content (AvgIpc) is 3.14. The van der Waals surface area contributed by atoms with Gasteiger partial charge in [-0.1, -0.05) is 0 Å². The molecule has 4 nitrogen and oxygen atoms in total. The Morgan fingerprint density at radius 1 is 1.36 bits per heavy atom. The lowest BCUT2D eigenvalue weighted by Crippen LogP contribution is -2.52. The maximum atomic E-state index is 12.3. The van der Waals surface area contributed by atoms with Crippen LogP contribution in [-0.2, 0) is 4.79 Å². The molecule has 1 saturated carbocycles. The summed E-state index contributed by atoms with van der Waals surface area (Å²) in [6, 6.07) is 4.02. The number of nitrogens with zero attached hydrogens (tertiary/aromatic N) is 1. The number of nitrogens with one attached hydrogen (secondary N) is 1. The molecule has 1 saturated heterocycles. The van der Waals surface area contributed by atoms with Gasteiger partial charge in [-0.05, 0) is 31.0 Å². The molecule has 1 atom stereocenters. The predicted molar refractivity (Wildman–Crippen MR) is 74.6 cm³/mol. The number of thioether (sulfide) groups is 1. The summed E-state index contributed by atoms with van der Waals surface area (Å²) in [6.07, 6.45) is -2.10. The van der Waals surface area contributed by atoms with E-state index in [2.05, 4.69) is 15.0 Å². The number of piperidine rings is 1. The molecule has 1 spiro atoms. The van der Waals surface area contributed by atoms with Crippen molar-refractivity contribution in [2.75, 3.05) is 0 Å². The number of fused-ring (bicyclic) bond motifs is 2. The van der Waals surface area contributed by atoms with Crippen LogP contribution in [0.2, 0.25) is 0 Å². The highest BCUT2D eigenvalue weighted by Crippen LogP contribution is 2.48. The molecule has 2 fully saturated rings. The van der Waals surface area contributed by atoms with Crippen LogP contribution in [0.4, 0.5) is 18.9 Å². The fourth-order valence-electron chi connectivity index (χ4n) is 2.79. The number of aliphatic imine (C=N–C) groups is 1. The second kappa shape index (κ2) is 4.41. The maximum Gasteiger partial charge on any atom is 0.573 e. The minimum Gasteiger partial charge on any atom is -0.406 e. The number of carbonyl (C=O) groups is 1. The van der Waals surface area contributed by atoms with Gasteiger partial charge in [-0.15, -0.1) is 24.9 Å². The zero-order chi connectivity index (χ0) is 15.5. The van der Waals surface area contributed by atoms with Gasteiger partial charge in [-0.25, -0.2) is 0 Å². The first-order valence-electron chi connectivity index (χ1n) is 6.80. The van der Waals surface area contributed by atoms with Crippen molar-refractivity contribution >= 4 is 29.1 Å². The summed E-state index contributed by atoms with van der Waals surface area (Å²) < 4.78 is 40.7. The lowest BCUT2D eigenvalue weighted by molar-refractivity contribution is -0.274. The second-order valence-electron chi connectivity index (χ2n) is 5.72. The van der Waals surface area contributed by atoms with Gasteiger partial charge in [0, 0.05) is 22.6 Å². The first-order chi connectivity index (χ1) is 10.3. The van der Waals surface area contributed by atoms with E-state index in [1.807, 2.05) is 0 Å². The molecule has 1 aromatic rings. The normalized spacial score (nSPS) is 25.0. The van der Waals surface area contributed by atoms with Crippen LogP contribution < -0.4 is 10.1 Å². The third kappa shape index (κ3) is 2.45. The highest BCUT2D eigenvalue weighted by atomic mass is 32.2. The van der Waals surface area contributed by atoms with Gasteiger partial charge in [0.2, 0.25) is 5.91 Å². The van der Waals surface area contributed by atoms with E-state index in [0.29, 0.717) is 10.6 Å². The van der Waals surface area contributed by atoms with E-state index in [1.165, 1.54) is 30.0 Å². The van der Waals surface area contributed by atoms with Crippen molar-refractivity contribution in [1.82, 2.24) is 5.32 Å². The topological polar surface area (TPSA) is 50.7 Å². The fraction of sp³-hybridized carbons (Fsp3) is 0.429. The number of benzene rings is 1. The molecule has 0 radical (unpaired) electrons. The molecule has 1 amide bonds. The minimum atomic E-state index is -4.73. The number of carbonyl (C=O) groups excluding carboxylic acids is 1. The molecule has 22 heavy (non-hydrogen) atoms. The number of ether oxygens (including phenoxy) is 1. The first-order valence-corrected chi connectivity index (χ1v) is 7.68. The van der Waals surface area contributed by atoms with Gasteiger partial charge in [0.15, 0.2) is 0 Å². The Balaban J connectivity index is 1.66. The SMILES string of the molecule is O=C1NC2(CC2)CC2=Nc3ccc(OC(F)(F)F)cc3SC12. The Bertz CT molecular complexity index is 698. The average molecular weight is 328 g/mol. The van der Waals surface area contributed by atoms with E-state index < -0.39 is 11.6 Å².